The standard InChI is InChI=1S/C17H22OSi/c1-15-8-10-16(11-9-15)12-13-17(18)7-5-6-14-19(2,3)4/h8-11,17-18H,5,7H2,1-4H3/t17-/m1/s1. The quantitative estimate of drug-likeness (QED) is 0.645. The second-order valence-electron chi connectivity index (χ2n) is 5.74. The van der Waals surface area contributed by atoms with E-state index in [-0.39, 0.29) is 0 Å². The molecular formula is C17H22OSi. The molecule has 0 saturated carbocycles. The Balaban J connectivity index is 2.45. The molecule has 0 amide bonds. The maximum Gasteiger partial charge on any atom is 0.129 e. The summed E-state index contributed by atoms with van der Waals surface area (Å²) in [6, 6.07) is 7.99. The van der Waals surface area contributed by atoms with Crippen LogP contribution in [0.1, 0.15) is 24.0 Å². The Kier molecular flexibility index (Phi) is 5.89. The van der Waals surface area contributed by atoms with Gasteiger partial charge in [0.25, 0.3) is 0 Å². The van der Waals surface area contributed by atoms with Gasteiger partial charge in [0.2, 0.25) is 0 Å². The maximum absolute atomic E-state index is 9.76. The highest BCUT2D eigenvalue weighted by atomic mass is 28.3. The fourth-order valence-electron chi connectivity index (χ4n) is 1.41. The van der Waals surface area contributed by atoms with Gasteiger partial charge < -0.3 is 5.11 Å². The average molecular weight is 270 g/mol. The molecule has 0 aliphatic heterocycles. The minimum atomic E-state index is -1.28. The molecular weight excluding hydrogens is 248 g/mol. The first kappa shape index (κ1) is 15.6. The van der Waals surface area contributed by atoms with E-state index in [9.17, 15) is 5.11 Å². The highest BCUT2D eigenvalue weighted by Gasteiger charge is 2.07. The number of benzene rings is 1. The molecule has 0 saturated heterocycles. The van der Waals surface area contributed by atoms with Gasteiger partial charge in [0.05, 0.1) is 0 Å². The minimum Gasteiger partial charge on any atom is -0.380 e. The van der Waals surface area contributed by atoms with E-state index in [0.29, 0.717) is 12.8 Å². The summed E-state index contributed by atoms with van der Waals surface area (Å²) in [7, 11) is -1.28. The van der Waals surface area contributed by atoms with E-state index in [1.165, 1.54) is 5.56 Å². The van der Waals surface area contributed by atoms with Crippen LogP contribution >= 0.6 is 0 Å². The van der Waals surface area contributed by atoms with Gasteiger partial charge >= 0.3 is 0 Å². The Hall–Kier alpha value is -1.48. The molecule has 1 atom stereocenters. The molecule has 1 rings (SSSR count). The molecule has 2 heteroatoms. The fourth-order valence-corrected chi connectivity index (χ4v) is 2.07. The largest absolute Gasteiger partial charge is 0.380 e. The normalized spacial score (nSPS) is 11.8. The third-order valence-corrected chi connectivity index (χ3v) is 3.37. The van der Waals surface area contributed by atoms with Crippen molar-refractivity contribution in [3.8, 4) is 23.3 Å². The molecule has 0 bridgehead atoms. The molecule has 0 aliphatic carbocycles. The van der Waals surface area contributed by atoms with Crippen LogP contribution in [-0.2, 0) is 0 Å². The average Bonchev–Trinajstić information content (AvgIpc) is 2.33. The van der Waals surface area contributed by atoms with Crippen molar-refractivity contribution in [3.63, 3.8) is 0 Å². The molecule has 0 unspecified atom stereocenters. The molecule has 0 aliphatic rings. The molecule has 0 spiro atoms. The van der Waals surface area contributed by atoms with Gasteiger partial charge in [-0.15, -0.1) is 11.5 Å². The van der Waals surface area contributed by atoms with Crippen molar-refractivity contribution in [3.05, 3.63) is 35.4 Å². The van der Waals surface area contributed by atoms with Crippen LogP contribution in [0, 0.1) is 30.2 Å². The summed E-state index contributed by atoms with van der Waals surface area (Å²) in [5, 5.41) is 9.76. The third-order valence-electron chi connectivity index (χ3n) is 2.44. The summed E-state index contributed by atoms with van der Waals surface area (Å²) in [5.41, 5.74) is 5.44. The predicted molar refractivity (Wildman–Crippen MR) is 84.4 cm³/mol. The van der Waals surface area contributed by atoms with E-state index in [1.54, 1.807) is 0 Å². The van der Waals surface area contributed by atoms with Gasteiger partial charge in [-0.1, -0.05) is 49.2 Å². The van der Waals surface area contributed by atoms with Crippen LogP contribution < -0.4 is 0 Å². The molecule has 1 aromatic carbocycles. The second kappa shape index (κ2) is 7.19. The lowest BCUT2D eigenvalue weighted by molar-refractivity contribution is 0.224. The molecule has 0 radical (unpaired) electrons. The van der Waals surface area contributed by atoms with Crippen LogP contribution in [0.5, 0.6) is 0 Å². The van der Waals surface area contributed by atoms with Crippen molar-refractivity contribution in [1.29, 1.82) is 0 Å². The molecule has 1 N–H and O–H groups in total. The van der Waals surface area contributed by atoms with Gasteiger partial charge in [-0.05, 0) is 25.5 Å². The van der Waals surface area contributed by atoms with E-state index in [4.69, 9.17) is 0 Å². The summed E-state index contributed by atoms with van der Waals surface area (Å²) in [6.45, 7) is 8.69. The van der Waals surface area contributed by atoms with Crippen LogP contribution in [0.15, 0.2) is 24.3 Å². The van der Waals surface area contributed by atoms with Crippen LogP contribution in [0.4, 0.5) is 0 Å². The first-order valence-corrected chi connectivity index (χ1v) is 10.1. The number of rotatable bonds is 2. The Morgan fingerprint density at radius 2 is 1.79 bits per heavy atom. The van der Waals surface area contributed by atoms with Crippen molar-refractivity contribution in [2.24, 2.45) is 0 Å². The third kappa shape index (κ3) is 7.52. The number of aryl methyl sites for hydroxylation is 1. The monoisotopic (exact) mass is 270 g/mol. The Labute approximate surface area is 118 Å². The summed E-state index contributed by atoms with van der Waals surface area (Å²) in [6.07, 6.45) is 0.752. The summed E-state index contributed by atoms with van der Waals surface area (Å²) in [5.74, 6) is 9.00. The lowest BCUT2D eigenvalue weighted by atomic mass is 10.1. The van der Waals surface area contributed by atoms with Gasteiger partial charge in [0.15, 0.2) is 0 Å². The number of aliphatic hydroxyl groups excluding tert-OH is 1. The zero-order chi connectivity index (χ0) is 14.3. The summed E-state index contributed by atoms with van der Waals surface area (Å²) in [4.78, 5) is 0. The van der Waals surface area contributed by atoms with Gasteiger partial charge in [-0.25, -0.2) is 0 Å². The lowest BCUT2D eigenvalue weighted by Gasteiger charge is -2.03. The van der Waals surface area contributed by atoms with Gasteiger partial charge in [0.1, 0.15) is 14.2 Å². The number of aliphatic hydroxyl groups is 1. The Morgan fingerprint density at radius 3 is 2.37 bits per heavy atom. The SMILES string of the molecule is Cc1ccc(C#C[C@H](O)CCC#C[Si](C)(C)C)cc1. The minimum absolute atomic E-state index is 0.586. The van der Waals surface area contributed by atoms with Crippen LogP contribution in [-0.4, -0.2) is 19.3 Å². The Morgan fingerprint density at radius 1 is 1.16 bits per heavy atom. The summed E-state index contributed by atoms with van der Waals surface area (Å²) >= 11 is 0. The van der Waals surface area contributed by atoms with Crippen LogP contribution in [0.25, 0.3) is 0 Å². The van der Waals surface area contributed by atoms with Crippen molar-refractivity contribution >= 4 is 8.07 Å². The van der Waals surface area contributed by atoms with Gasteiger partial charge in [0, 0.05) is 12.0 Å². The molecule has 19 heavy (non-hydrogen) atoms. The van der Waals surface area contributed by atoms with Crippen molar-refractivity contribution < 1.29 is 5.11 Å². The summed E-state index contributed by atoms with van der Waals surface area (Å²) < 4.78 is 0. The van der Waals surface area contributed by atoms with E-state index in [0.717, 1.165) is 5.56 Å². The zero-order valence-electron chi connectivity index (χ0n) is 12.2. The highest BCUT2D eigenvalue weighted by Crippen LogP contribution is 2.02. The van der Waals surface area contributed by atoms with Gasteiger partial charge in [-0.2, -0.15) is 0 Å². The molecule has 0 heterocycles. The molecule has 1 nitrogen and oxygen atoms in total. The van der Waals surface area contributed by atoms with Gasteiger partial charge in [-0.3, -0.25) is 0 Å². The lowest BCUT2D eigenvalue weighted by Crippen LogP contribution is -2.16. The zero-order valence-corrected chi connectivity index (χ0v) is 13.2. The second-order valence-corrected chi connectivity index (χ2v) is 10.5. The molecule has 0 fully saturated rings. The number of hydrogen-bond acceptors (Lipinski definition) is 1. The van der Waals surface area contributed by atoms with Crippen molar-refractivity contribution in [2.75, 3.05) is 0 Å². The molecule has 100 valence electrons. The Bertz CT molecular complexity index is 515. The molecule has 1 aromatic rings. The molecule has 0 aromatic heterocycles. The fraction of sp³-hybridized carbons (Fsp3) is 0.412. The van der Waals surface area contributed by atoms with E-state index in [1.807, 2.05) is 31.2 Å². The first-order valence-electron chi connectivity index (χ1n) is 6.63. The first-order chi connectivity index (χ1) is 8.87. The van der Waals surface area contributed by atoms with E-state index >= 15 is 0 Å². The van der Waals surface area contributed by atoms with E-state index < -0.39 is 14.2 Å². The van der Waals surface area contributed by atoms with Crippen LogP contribution in [0.2, 0.25) is 19.6 Å². The highest BCUT2D eigenvalue weighted by molar-refractivity contribution is 6.83. The van der Waals surface area contributed by atoms with Crippen LogP contribution in [0.3, 0.4) is 0 Å². The number of hydrogen-bond donors (Lipinski definition) is 1. The smallest absolute Gasteiger partial charge is 0.129 e. The van der Waals surface area contributed by atoms with E-state index in [2.05, 4.69) is 42.9 Å². The topological polar surface area (TPSA) is 20.2 Å². The predicted octanol–water partition coefficient (Wildman–Crippen LogP) is 3.37. The van der Waals surface area contributed by atoms with Crippen molar-refractivity contribution in [1.82, 2.24) is 0 Å². The van der Waals surface area contributed by atoms with Crippen molar-refractivity contribution in [2.45, 2.75) is 45.5 Å². The maximum atomic E-state index is 9.76.